The average molecular weight is 370 g/mol. The summed E-state index contributed by atoms with van der Waals surface area (Å²) in [5.74, 6) is 0.642. The second kappa shape index (κ2) is 7.80. The Kier molecular flexibility index (Phi) is 5.24. The molecule has 0 unspecified atom stereocenters. The van der Waals surface area contributed by atoms with Crippen LogP contribution in [0.15, 0.2) is 36.7 Å². The third-order valence-corrected chi connectivity index (χ3v) is 5.25. The molecule has 2 N–H and O–H groups in total. The molecule has 2 fully saturated rings. The van der Waals surface area contributed by atoms with E-state index in [2.05, 4.69) is 14.9 Å². The minimum absolute atomic E-state index is 0.0891. The molecule has 2 aliphatic heterocycles. The summed E-state index contributed by atoms with van der Waals surface area (Å²) in [5, 5.41) is 11.1. The van der Waals surface area contributed by atoms with Gasteiger partial charge in [-0.3, -0.25) is 4.79 Å². The number of hydrogen-bond donors (Lipinski definition) is 2. The maximum atomic E-state index is 13.1. The lowest BCUT2D eigenvalue weighted by atomic mass is 10.0. The molecule has 1 aromatic heterocycles. The Bertz CT molecular complexity index is 773. The van der Waals surface area contributed by atoms with E-state index in [-0.39, 0.29) is 19.1 Å². The number of carbonyl (C=O) groups excluding carboxylic acids is 1. The highest BCUT2D eigenvalue weighted by atomic mass is 16.5. The first kappa shape index (κ1) is 18.2. The van der Waals surface area contributed by atoms with Crippen LogP contribution in [0, 0.1) is 0 Å². The summed E-state index contributed by atoms with van der Waals surface area (Å²) in [6, 6.07) is 7.42. The number of benzene rings is 1. The zero-order valence-electron chi connectivity index (χ0n) is 15.4. The first-order valence-electron chi connectivity index (χ1n) is 9.55. The fourth-order valence-electron chi connectivity index (χ4n) is 3.95. The first-order valence-corrected chi connectivity index (χ1v) is 9.55. The minimum Gasteiger partial charge on any atom is -0.384 e. The van der Waals surface area contributed by atoms with E-state index in [4.69, 9.17) is 4.74 Å². The molecule has 2 aliphatic rings. The van der Waals surface area contributed by atoms with E-state index in [9.17, 15) is 9.90 Å². The van der Waals surface area contributed by atoms with Crippen LogP contribution in [0.3, 0.4) is 0 Å². The molecule has 7 heteroatoms. The largest absolute Gasteiger partial charge is 0.384 e. The number of nitrogens with zero attached hydrogens (tertiary/aromatic N) is 3. The molecule has 0 spiro atoms. The molecule has 2 saturated heterocycles. The number of imidazole rings is 1. The molecule has 2 aromatic rings. The van der Waals surface area contributed by atoms with Crippen molar-refractivity contribution in [3.63, 3.8) is 0 Å². The molecule has 1 amide bonds. The number of ether oxygens (including phenoxy) is 1. The summed E-state index contributed by atoms with van der Waals surface area (Å²) in [7, 11) is 0. The lowest BCUT2D eigenvalue weighted by Crippen LogP contribution is -2.53. The summed E-state index contributed by atoms with van der Waals surface area (Å²) in [5.41, 5.74) is 0.424. The van der Waals surface area contributed by atoms with Crippen molar-refractivity contribution in [1.29, 1.82) is 0 Å². The summed E-state index contributed by atoms with van der Waals surface area (Å²) in [4.78, 5) is 24.4. The van der Waals surface area contributed by atoms with Gasteiger partial charge < -0.3 is 24.6 Å². The number of hydrogen-bond acceptors (Lipinski definition) is 5. The van der Waals surface area contributed by atoms with Gasteiger partial charge in [0.15, 0.2) is 0 Å². The minimum atomic E-state index is -1.03. The van der Waals surface area contributed by atoms with E-state index >= 15 is 0 Å². The van der Waals surface area contributed by atoms with Gasteiger partial charge in [0, 0.05) is 36.6 Å². The van der Waals surface area contributed by atoms with Crippen molar-refractivity contribution < 1.29 is 14.6 Å². The number of aromatic nitrogens is 2. The van der Waals surface area contributed by atoms with Crippen molar-refractivity contribution in [2.45, 2.75) is 18.4 Å². The van der Waals surface area contributed by atoms with Crippen molar-refractivity contribution in [1.82, 2.24) is 19.8 Å². The second-order valence-electron chi connectivity index (χ2n) is 7.51. The second-order valence-corrected chi connectivity index (χ2v) is 7.51. The SMILES string of the molecule is O=C(c1cccc(-c2ncc[nH]2)c1)N1CCOC[C@](O)(CN2CCCC2)C1. The predicted octanol–water partition coefficient (Wildman–Crippen LogP) is 1.38. The van der Waals surface area contributed by atoms with Crippen LogP contribution in [0.4, 0.5) is 0 Å². The molecule has 0 aliphatic carbocycles. The van der Waals surface area contributed by atoms with Crippen molar-refractivity contribution in [3.8, 4) is 11.4 Å². The molecule has 7 nitrogen and oxygen atoms in total. The van der Waals surface area contributed by atoms with E-state index in [0.29, 0.717) is 25.3 Å². The van der Waals surface area contributed by atoms with Gasteiger partial charge in [0.1, 0.15) is 11.4 Å². The number of carbonyl (C=O) groups is 1. The number of nitrogens with one attached hydrogen (secondary N) is 1. The zero-order valence-corrected chi connectivity index (χ0v) is 15.4. The van der Waals surface area contributed by atoms with Crippen LogP contribution in [-0.2, 0) is 4.74 Å². The molecular weight excluding hydrogens is 344 g/mol. The fraction of sp³-hybridized carbons (Fsp3) is 0.500. The van der Waals surface area contributed by atoms with Gasteiger partial charge in [0.05, 0.1) is 19.8 Å². The number of rotatable bonds is 4. The Morgan fingerprint density at radius 1 is 1.30 bits per heavy atom. The van der Waals surface area contributed by atoms with Crippen LogP contribution in [0.2, 0.25) is 0 Å². The van der Waals surface area contributed by atoms with Crippen LogP contribution in [-0.4, -0.2) is 82.3 Å². The van der Waals surface area contributed by atoms with E-state index in [1.54, 1.807) is 23.4 Å². The highest BCUT2D eigenvalue weighted by Crippen LogP contribution is 2.21. The number of β-amino-alcohol motifs (C(OH)–C–C–N with tert-alkyl or cyclic N) is 1. The first-order chi connectivity index (χ1) is 13.1. The molecule has 3 heterocycles. The van der Waals surface area contributed by atoms with Gasteiger partial charge in [-0.15, -0.1) is 0 Å². The highest BCUT2D eigenvalue weighted by Gasteiger charge is 2.36. The smallest absolute Gasteiger partial charge is 0.254 e. The van der Waals surface area contributed by atoms with Gasteiger partial charge in [0.25, 0.3) is 5.91 Å². The third-order valence-electron chi connectivity index (χ3n) is 5.25. The van der Waals surface area contributed by atoms with Gasteiger partial charge >= 0.3 is 0 Å². The average Bonchev–Trinajstić information content (AvgIpc) is 3.35. The van der Waals surface area contributed by atoms with Gasteiger partial charge in [0.2, 0.25) is 0 Å². The number of likely N-dealkylation sites (tertiary alicyclic amines) is 1. The summed E-state index contributed by atoms with van der Waals surface area (Å²) in [6.07, 6.45) is 5.78. The van der Waals surface area contributed by atoms with Crippen LogP contribution < -0.4 is 0 Å². The molecule has 144 valence electrons. The molecule has 0 radical (unpaired) electrons. The highest BCUT2D eigenvalue weighted by molar-refractivity contribution is 5.95. The Labute approximate surface area is 159 Å². The number of H-pyrrole nitrogens is 1. The lowest BCUT2D eigenvalue weighted by molar-refractivity contribution is -0.0524. The lowest BCUT2D eigenvalue weighted by Gasteiger charge is -2.34. The molecule has 1 atom stereocenters. The normalized spacial score (nSPS) is 24.1. The molecule has 27 heavy (non-hydrogen) atoms. The molecule has 0 bridgehead atoms. The van der Waals surface area contributed by atoms with E-state index in [0.717, 1.165) is 24.5 Å². The maximum absolute atomic E-state index is 13.1. The predicted molar refractivity (Wildman–Crippen MR) is 101 cm³/mol. The van der Waals surface area contributed by atoms with E-state index in [1.807, 2.05) is 18.2 Å². The number of aromatic amines is 1. The van der Waals surface area contributed by atoms with Gasteiger partial charge in [-0.1, -0.05) is 12.1 Å². The molecule has 4 rings (SSSR count). The van der Waals surface area contributed by atoms with Gasteiger partial charge in [-0.05, 0) is 38.1 Å². The Morgan fingerprint density at radius 3 is 2.93 bits per heavy atom. The zero-order chi connectivity index (χ0) is 18.7. The van der Waals surface area contributed by atoms with E-state index in [1.165, 1.54) is 12.8 Å². The van der Waals surface area contributed by atoms with Crippen molar-refractivity contribution >= 4 is 5.91 Å². The van der Waals surface area contributed by atoms with Crippen molar-refractivity contribution in [2.75, 3.05) is 45.9 Å². The Morgan fingerprint density at radius 2 is 2.15 bits per heavy atom. The Hall–Kier alpha value is -2.22. The standard InChI is InChI=1S/C20H26N4O3/c25-19(17-5-3-4-16(12-17)18-21-6-7-22-18)24-10-11-27-15-20(26,14-24)13-23-8-1-2-9-23/h3-7,12,26H,1-2,8-11,13-15H2,(H,21,22)/t20-/m0/s1. The summed E-state index contributed by atoms with van der Waals surface area (Å²) in [6.45, 7) is 4.01. The summed E-state index contributed by atoms with van der Waals surface area (Å²) < 4.78 is 5.63. The maximum Gasteiger partial charge on any atom is 0.254 e. The molecule has 1 aromatic carbocycles. The van der Waals surface area contributed by atoms with Crippen molar-refractivity contribution in [3.05, 3.63) is 42.2 Å². The third kappa shape index (κ3) is 4.21. The quantitative estimate of drug-likeness (QED) is 0.850. The number of amides is 1. The Balaban J connectivity index is 1.51. The van der Waals surface area contributed by atoms with Gasteiger partial charge in [-0.25, -0.2) is 4.98 Å². The topological polar surface area (TPSA) is 81.7 Å². The van der Waals surface area contributed by atoms with Gasteiger partial charge in [-0.2, -0.15) is 0 Å². The summed E-state index contributed by atoms with van der Waals surface area (Å²) >= 11 is 0. The van der Waals surface area contributed by atoms with Crippen molar-refractivity contribution in [2.24, 2.45) is 0 Å². The fourth-order valence-corrected chi connectivity index (χ4v) is 3.95. The van der Waals surface area contributed by atoms with Crippen LogP contribution in [0.1, 0.15) is 23.2 Å². The molecule has 0 saturated carbocycles. The van der Waals surface area contributed by atoms with Crippen LogP contribution in [0.25, 0.3) is 11.4 Å². The number of aliphatic hydroxyl groups is 1. The molecular formula is C20H26N4O3. The van der Waals surface area contributed by atoms with Crippen LogP contribution >= 0.6 is 0 Å². The monoisotopic (exact) mass is 370 g/mol. The van der Waals surface area contributed by atoms with E-state index < -0.39 is 5.60 Å². The van der Waals surface area contributed by atoms with Crippen LogP contribution in [0.5, 0.6) is 0 Å².